The molecular formula is C18H22N4O3. The Kier molecular flexibility index (Phi) is 5.14. The number of carbonyl (C=O) groups excluding carboxylic acids is 1. The maximum absolute atomic E-state index is 12.9. The molecule has 0 saturated carbocycles. The van der Waals surface area contributed by atoms with Crippen molar-refractivity contribution >= 4 is 11.6 Å². The second-order valence-electron chi connectivity index (χ2n) is 5.95. The van der Waals surface area contributed by atoms with Gasteiger partial charge < -0.3 is 14.4 Å². The number of nitrogens with zero attached hydrogens (tertiary/aromatic N) is 4. The van der Waals surface area contributed by atoms with Crippen molar-refractivity contribution in [3.8, 4) is 11.5 Å². The lowest BCUT2D eigenvalue weighted by atomic mass is 10.2. The van der Waals surface area contributed by atoms with Gasteiger partial charge >= 0.3 is 0 Å². The number of carbonyl (C=O) groups is 1. The van der Waals surface area contributed by atoms with Crippen LogP contribution in [-0.4, -0.2) is 54.6 Å². The Morgan fingerprint density at radius 2 is 1.80 bits per heavy atom. The molecule has 0 aliphatic carbocycles. The van der Waals surface area contributed by atoms with Crippen molar-refractivity contribution in [3.05, 3.63) is 42.5 Å². The molecule has 7 heteroatoms. The van der Waals surface area contributed by atoms with E-state index in [1.807, 2.05) is 24.1 Å². The number of likely N-dealkylation sites (N-methyl/N-ethyl adjacent to an activating group) is 1. The van der Waals surface area contributed by atoms with Crippen molar-refractivity contribution in [1.82, 2.24) is 14.9 Å². The quantitative estimate of drug-likeness (QED) is 0.796. The molecule has 2 aromatic rings. The molecule has 25 heavy (non-hydrogen) atoms. The predicted molar refractivity (Wildman–Crippen MR) is 93.8 cm³/mol. The molecule has 0 spiro atoms. The maximum atomic E-state index is 12.9. The van der Waals surface area contributed by atoms with Crippen LogP contribution in [0.4, 0.5) is 5.69 Å². The predicted octanol–water partition coefficient (Wildman–Crippen LogP) is 1.73. The van der Waals surface area contributed by atoms with Crippen LogP contribution < -0.4 is 14.4 Å². The minimum atomic E-state index is -0.194. The van der Waals surface area contributed by atoms with Gasteiger partial charge in [-0.1, -0.05) is 0 Å². The number of methoxy groups -OCH3 is 2. The van der Waals surface area contributed by atoms with Crippen molar-refractivity contribution in [2.75, 3.05) is 32.7 Å². The SMILES string of the molecule is COc1cc(OC)cc(N2CCC(N(C)Cc3ncccn3)C2=O)c1. The molecule has 1 amide bonds. The van der Waals surface area contributed by atoms with Crippen LogP contribution in [-0.2, 0) is 11.3 Å². The molecule has 3 rings (SSSR count). The summed E-state index contributed by atoms with van der Waals surface area (Å²) in [7, 11) is 5.12. The monoisotopic (exact) mass is 342 g/mol. The van der Waals surface area contributed by atoms with Gasteiger partial charge in [0.1, 0.15) is 17.3 Å². The van der Waals surface area contributed by atoms with Gasteiger partial charge in [0.2, 0.25) is 5.91 Å². The first-order valence-corrected chi connectivity index (χ1v) is 8.13. The molecule has 0 N–H and O–H groups in total. The van der Waals surface area contributed by atoms with E-state index in [0.29, 0.717) is 30.4 Å². The summed E-state index contributed by atoms with van der Waals surface area (Å²) in [5.41, 5.74) is 0.785. The van der Waals surface area contributed by atoms with E-state index in [1.165, 1.54) is 0 Å². The number of hydrogen-bond acceptors (Lipinski definition) is 6. The van der Waals surface area contributed by atoms with Crippen LogP contribution in [0, 0.1) is 0 Å². The number of ether oxygens (including phenoxy) is 2. The molecule has 2 heterocycles. The van der Waals surface area contributed by atoms with E-state index in [2.05, 4.69) is 9.97 Å². The summed E-state index contributed by atoms with van der Waals surface area (Å²) in [5.74, 6) is 2.10. The molecule has 7 nitrogen and oxygen atoms in total. The first-order chi connectivity index (χ1) is 12.1. The lowest BCUT2D eigenvalue weighted by molar-refractivity contribution is -0.121. The molecule has 1 aliphatic rings. The number of anilines is 1. The smallest absolute Gasteiger partial charge is 0.244 e. The van der Waals surface area contributed by atoms with Crippen molar-refractivity contribution in [2.24, 2.45) is 0 Å². The third-order valence-corrected chi connectivity index (χ3v) is 4.37. The zero-order valence-corrected chi connectivity index (χ0v) is 14.7. The van der Waals surface area contributed by atoms with E-state index >= 15 is 0 Å². The molecule has 1 saturated heterocycles. The average molecular weight is 342 g/mol. The Morgan fingerprint density at radius 3 is 2.40 bits per heavy atom. The normalized spacial score (nSPS) is 17.2. The zero-order valence-electron chi connectivity index (χ0n) is 14.7. The molecule has 1 aromatic heterocycles. The van der Waals surface area contributed by atoms with Crippen LogP contribution in [0.5, 0.6) is 11.5 Å². The summed E-state index contributed by atoms with van der Waals surface area (Å²) in [6, 6.07) is 7.08. The van der Waals surface area contributed by atoms with Crippen LogP contribution >= 0.6 is 0 Å². The third-order valence-electron chi connectivity index (χ3n) is 4.37. The van der Waals surface area contributed by atoms with Crippen molar-refractivity contribution in [2.45, 2.75) is 19.0 Å². The van der Waals surface area contributed by atoms with Crippen LogP contribution in [0.3, 0.4) is 0 Å². The minimum absolute atomic E-state index is 0.0636. The minimum Gasteiger partial charge on any atom is -0.497 e. The van der Waals surface area contributed by atoms with Crippen molar-refractivity contribution < 1.29 is 14.3 Å². The molecule has 0 radical (unpaired) electrons. The Balaban J connectivity index is 1.75. The summed E-state index contributed by atoms with van der Waals surface area (Å²) in [4.78, 5) is 25.1. The largest absolute Gasteiger partial charge is 0.497 e. The number of benzene rings is 1. The van der Waals surface area contributed by atoms with Crippen LogP contribution in [0.1, 0.15) is 12.2 Å². The summed E-state index contributed by atoms with van der Waals surface area (Å²) in [6.45, 7) is 1.19. The van der Waals surface area contributed by atoms with E-state index in [0.717, 1.165) is 12.1 Å². The van der Waals surface area contributed by atoms with Gasteiger partial charge in [0.05, 0.1) is 32.5 Å². The van der Waals surface area contributed by atoms with E-state index in [-0.39, 0.29) is 11.9 Å². The lowest BCUT2D eigenvalue weighted by Crippen LogP contribution is -2.39. The summed E-state index contributed by atoms with van der Waals surface area (Å²) in [6.07, 6.45) is 4.17. The van der Waals surface area contributed by atoms with E-state index in [9.17, 15) is 4.79 Å². The number of rotatable bonds is 6. The van der Waals surface area contributed by atoms with Crippen LogP contribution in [0.15, 0.2) is 36.7 Å². The molecule has 1 unspecified atom stereocenters. The second-order valence-corrected chi connectivity index (χ2v) is 5.95. The Labute approximate surface area is 147 Å². The highest BCUT2D eigenvalue weighted by Crippen LogP contribution is 2.31. The van der Waals surface area contributed by atoms with E-state index < -0.39 is 0 Å². The number of hydrogen-bond donors (Lipinski definition) is 0. The Hall–Kier alpha value is -2.67. The van der Waals surface area contributed by atoms with Gasteiger partial charge in [-0.3, -0.25) is 9.69 Å². The van der Waals surface area contributed by atoms with E-state index in [4.69, 9.17) is 9.47 Å². The molecule has 132 valence electrons. The molecular weight excluding hydrogens is 320 g/mol. The van der Waals surface area contributed by atoms with Gasteiger partial charge in [0, 0.05) is 37.1 Å². The number of amides is 1. The number of aromatic nitrogens is 2. The third kappa shape index (κ3) is 3.71. The van der Waals surface area contributed by atoms with Crippen LogP contribution in [0.25, 0.3) is 0 Å². The Bertz CT molecular complexity index is 716. The van der Waals surface area contributed by atoms with Gasteiger partial charge in [-0.05, 0) is 19.5 Å². The Morgan fingerprint density at radius 1 is 1.16 bits per heavy atom. The summed E-state index contributed by atoms with van der Waals surface area (Å²) < 4.78 is 10.6. The molecule has 1 aromatic carbocycles. The van der Waals surface area contributed by atoms with Crippen molar-refractivity contribution in [3.63, 3.8) is 0 Å². The van der Waals surface area contributed by atoms with Gasteiger partial charge in [0.25, 0.3) is 0 Å². The fourth-order valence-corrected chi connectivity index (χ4v) is 3.02. The standard InChI is InChI=1S/C18H22N4O3/c1-21(12-17-19-6-4-7-20-17)16-5-8-22(18(16)23)13-9-14(24-2)11-15(10-13)25-3/h4,6-7,9-11,16H,5,8,12H2,1-3H3. The average Bonchev–Trinajstić information content (AvgIpc) is 3.03. The summed E-state index contributed by atoms with van der Waals surface area (Å²) in [5, 5.41) is 0. The maximum Gasteiger partial charge on any atom is 0.244 e. The lowest BCUT2D eigenvalue weighted by Gasteiger charge is -2.23. The first kappa shape index (κ1) is 17.2. The topological polar surface area (TPSA) is 67.8 Å². The fraction of sp³-hybridized carbons (Fsp3) is 0.389. The molecule has 1 atom stereocenters. The zero-order chi connectivity index (χ0) is 17.8. The highest BCUT2D eigenvalue weighted by molar-refractivity contribution is 5.99. The van der Waals surface area contributed by atoms with Gasteiger partial charge in [-0.2, -0.15) is 0 Å². The van der Waals surface area contributed by atoms with Crippen LogP contribution in [0.2, 0.25) is 0 Å². The highest BCUT2D eigenvalue weighted by atomic mass is 16.5. The van der Waals surface area contributed by atoms with Gasteiger partial charge in [-0.15, -0.1) is 0 Å². The van der Waals surface area contributed by atoms with Gasteiger partial charge in [-0.25, -0.2) is 9.97 Å². The van der Waals surface area contributed by atoms with E-state index in [1.54, 1.807) is 43.6 Å². The van der Waals surface area contributed by atoms with Gasteiger partial charge in [0.15, 0.2) is 0 Å². The second kappa shape index (κ2) is 7.48. The summed E-state index contributed by atoms with van der Waals surface area (Å²) >= 11 is 0. The molecule has 1 fully saturated rings. The highest BCUT2D eigenvalue weighted by Gasteiger charge is 2.35. The fourth-order valence-electron chi connectivity index (χ4n) is 3.02. The molecule has 1 aliphatic heterocycles. The molecule has 0 bridgehead atoms. The van der Waals surface area contributed by atoms with Crippen molar-refractivity contribution in [1.29, 1.82) is 0 Å². The first-order valence-electron chi connectivity index (χ1n) is 8.13.